The third-order valence-corrected chi connectivity index (χ3v) is 3.72. The van der Waals surface area contributed by atoms with Gasteiger partial charge in [0, 0.05) is 12.1 Å². The van der Waals surface area contributed by atoms with Crippen LogP contribution in [0, 0.1) is 5.92 Å². The first kappa shape index (κ1) is 16.2. The summed E-state index contributed by atoms with van der Waals surface area (Å²) in [5.41, 5.74) is 1.69. The summed E-state index contributed by atoms with van der Waals surface area (Å²) < 4.78 is 1.49. The van der Waals surface area contributed by atoms with E-state index in [1.54, 1.807) is 6.20 Å². The van der Waals surface area contributed by atoms with Crippen molar-refractivity contribution in [3.05, 3.63) is 36.5 Å². The summed E-state index contributed by atoms with van der Waals surface area (Å²) in [4.78, 5) is 11.9. The monoisotopic (exact) mass is 302 g/mol. The minimum Gasteiger partial charge on any atom is -0.391 e. The van der Waals surface area contributed by atoms with Crippen LogP contribution in [0.25, 0.3) is 11.3 Å². The predicted octanol–water partition coefficient (Wildman–Crippen LogP) is 1.47. The Hall–Kier alpha value is -2.21. The van der Waals surface area contributed by atoms with Crippen molar-refractivity contribution in [1.29, 1.82) is 0 Å². The van der Waals surface area contributed by atoms with Gasteiger partial charge in [0.05, 0.1) is 12.3 Å². The highest BCUT2D eigenvalue weighted by atomic mass is 16.3. The molecule has 2 rings (SSSR count). The molecule has 22 heavy (non-hydrogen) atoms. The first-order valence-electron chi connectivity index (χ1n) is 7.50. The van der Waals surface area contributed by atoms with E-state index in [-0.39, 0.29) is 24.9 Å². The topological polar surface area (TPSA) is 80.0 Å². The predicted molar refractivity (Wildman–Crippen MR) is 83.9 cm³/mol. The van der Waals surface area contributed by atoms with Crippen molar-refractivity contribution in [2.75, 3.05) is 6.54 Å². The molecule has 2 unspecified atom stereocenters. The highest BCUT2D eigenvalue weighted by Gasteiger charge is 2.14. The van der Waals surface area contributed by atoms with Crippen LogP contribution in [-0.2, 0) is 11.3 Å². The lowest BCUT2D eigenvalue weighted by atomic mass is 10.0. The molecule has 0 saturated carbocycles. The fourth-order valence-corrected chi connectivity index (χ4v) is 2.01. The largest absolute Gasteiger partial charge is 0.391 e. The molecule has 1 amide bonds. The van der Waals surface area contributed by atoms with Crippen molar-refractivity contribution in [3.8, 4) is 11.3 Å². The third kappa shape index (κ3) is 4.39. The van der Waals surface area contributed by atoms with Crippen LogP contribution >= 0.6 is 0 Å². The van der Waals surface area contributed by atoms with Crippen LogP contribution in [0.2, 0.25) is 0 Å². The van der Waals surface area contributed by atoms with Crippen molar-refractivity contribution in [3.63, 3.8) is 0 Å². The maximum absolute atomic E-state index is 11.9. The number of aliphatic hydroxyl groups excluding tert-OH is 1. The number of hydrogen-bond donors (Lipinski definition) is 2. The number of aliphatic hydroxyl groups is 1. The molecule has 1 aromatic heterocycles. The molecule has 0 aliphatic heterocycles. The Labute approximate surface area is 130 Å². The van der Waals surface area contributed by atoms with Crippen LogP contribution in [0.3, 0.4) is 0 Å². The van der Waals surface area contributed by atoms with Crippen molar-refractivity contribution in [2.45, 2.75) is 32.9 Å². The quantitative estimate of drug-likeness (QED) is 0.811. The van der Waals surface area contributed by atoms with Gasteiger partial charge in [0.2, 0.25) is 5.91 Å². The Bertz CT molecular complexity index is 597. The van der Waals surface area contributed by atoms with Crippen LogP contribution in [0.15, 0.2) is 36.5 Å². The summed E-state index contributed by atoms with van der Waals surface area (Å²) in [5.74, 6) is -0.0248. The van der Waals surface area contributed by atoms with Crippen LogP contribution < -0.4 is 5.32 Å². The van der Waals surface area contributed by atoms with Crippen molar-refractivity contribution in [2.24, 2.45) is 5.92 Å². The molecular weight excluding hydrogens is 280 g/mol. The van der Waals surface area contributed by atoms with Crippen molar-refractivity contribution >= 4 is 5.91 Å². The van der Waals surface area contributed by atoms with Crippen LogP contribution in [0.4, 0.5) is 0 Å². The number of rotatable bonds is 7. The maximum atomic E-state index is 11.9. The number of aromatic nitrogens is 3. The van der Waals surface area contributed by atoms with Gasteiger partial charge in [-0.25, -0.2) is 4.68 Å². The highest BCUT2D eigenvalue weighted by Crippen LogP contribution is 2.14. The molecule has 0 saturated heterocycles. The zero-order valence-corrected chi connectivity index (χ0v) is 12.9. The van der Waals surface area contributed by atoms with Gasteiger partial charge in [0.25, 0.3) is 0 Å². The lowest BCUT2D eigenvalue weighted by Crippen LogP contribution is -2.37. The Morgan fingerprint density at radius 3 is 2.77 bits per heavy atom. The Morgan fingerprint density at radius 1 is 1.36 bits per heavy atom. The van der Waals surface area contributed by atoms with E-state index in [0.29, 0.717) is 0 Å². The number of carbonyl (C=O) groups is 1. The molecule has 0 spiro atoms. The summed E-state index contributed by atoms with van der Waals surface area (Å²) in [7, 11) is 0. The summed E-state index contributed by atoms with van der Waals surface area (Å²) >= 11 is 0. The first-order chi connectivity index (χ1) is 10.6. The molecule has 0 radical (unpaired) electrons. The molecule has 118 valence electrons. The van der Waals surface area contributed by atoms with Gasteiger partial charge in [-0.3, -0.25) is 4.79 Å². The minimum absolute atomic E-state index is 0.0903. The SMILES string of the molecule is CCC(C)C(O)CNC(=O)Cn1cc(-c2ccccc2)nn1. The normalized spacial score (nSPS) is 13.6. The second-order valence-electron chi connectivity index (χ2n) is 5.42. The molecule has 0 aliphatic carbocycles. The van der Waals surface area contributed by atoms with E-state index in [9.17, 15) is 9.90 Å². The van der Waals surface area contributed by atoms with E-state index in [1.807, 2.05) is 44.2 Å². The molecule has 2 N–H and O–H groups in total. The van der Waals surface area contributed by atoms with Crippen molar-refractivity contribution < 1.29 is 9.90 Å². The Morgan fingerprint density at radius 2 is 2.09 bits per heavy atom. The highest BCUT2D eigenvalue weighted by molar-refractivity contribution is 5.75. The van der Waals surface area contributed by atoms with Gasteiger partial charge in [-0.1, -0.05) is 55.8 Å². The summed E-state index contributed by atoms with van der Waals surface area (Å²) in [6, 6.07) is 9.67. The van der Waals surface area contributed by atoms with Crippen LogP contribution in [-0.4, -0.2) is 38.7 Å². The van der Waals surface area contributed by atoms with Gasteiger partial charge in [0.1, 0.15) is 12.2 Å². The van der Waals surface area contributed by atoms with E-state index < -0.39 is 6.10 Å². The molecular formula is C16H22N4O2. The number of benzene rings is 1. The van der Waals surface area contributed by atoms with E-state index in [2.05, 4.69) is 15.6 Å². The standard InChI is InChI=1S/C16H22N4O2/c1-3-12(2)15(21)9-17-16(22)11-20-10-14(18-19-20)13-7-5-4-6-8-13/h4-8,10,12,15,21H,3,9,11H2,1-2H3,(H,17,22). The zero-order chi connectivity index (χ0) is 15.9. The Kier molecular flexibility index (Phi) is 5.66. The second kappa shape index (κ2) is 7.70. The summed E-state index contributed by atoms with van der Waals surface area (Å²) in [6.45, 7) is 4.32. The number of carbonyl (C=O) groups excluding carboxylic acids is 1. The number of nitrogens with one attached hydrogen (secondary N) is 1. The van der Waals surface area contributed by atoms with Gasteiger partial charge < -0.3 is 10.4 Å². The van der Waals surface area contributed by atoms with E-state index in [1.165, 1.54) is 4.68 Å². The molecule has 0 bridgehead atoms. The van der Waals surface area contributed by atoms with Crippen LogP contribution in [0.1, 0.15) is 20.3 Å². The van der Waals surface area contributed by atoms with Gasteiger partial charge in [-0.2, -0.15) is 0 Å². The molecule has 2 atom stereocenters. The Balaban J connectivity index is 1.86. The fraction of sp³-hybridized carbons (Fsp3) is 0.438. The fourth-order valence-electron chi connectivity index (χ4n) is 2.01. The van der Waals surface area contributed by atoms with Crippen LogP contribution in [0.5, 0.6) is 0 Å². The summed E-state index contributed by atoms with van der Waals surface area (Å²) in [6.07, 6.45) is 2.09. The number of amides is 1. The molecule has 6 heteroatoms. The molecule has 2 aromatic rings. The van der Waals surface area contributed by atoms with Crippen molar-refractivity contribution in [1.82, 2.24) is 20.3 Å². The lowest BCUT2D eigenvalue weighted by Gasteiger charge is -2.17. The summed E-state index contributed by atoms with van der Waals surface area (Å²) in [5, 5.41) is 20.6. The number of nitrogens with zero attached hydrogens (tertiary/aromatic N) is 3. The van der Waals surface area contributed by atoms with Gasteiger partial charge >= 0.3 is 0 Å². The molecule has 1 aromatic carbocycles. The smallest absolute Gasteiger partial charge is 0.241 e. The zero-order valence-electron chi connectivity index (χ0n) is 12.9. The van der Waals surface area contributed by atoms with E-state index in [0.717, 1.165) is 17.7 Å². The van der Waals surface area contributed by atoms with Gasteiger partial charge in [-0.05, 0) is 5.92 Å². The average molecular weight is 302 g/mol. The average Bonchev–Trinajstić information content (AvgIpc) is 3.01. The number of hydrogen-bond acceptors (Lipinski definition) is 4. The van der Waals surface area contributed by atoms with E-state index >= 15 is 0 Å². The van der Waals surface area contributed by atoms with Gasteiger partial charge in [-0.15, -0.1) is 5.10 Å². The molecule has 0 aliphatic rings. The molecule has 0 fully saturated rings. The first-order valence-corrected chi connectivity index (χ1v) is 7.50. The second-order valence-corrected chi connectivity index (χ2v) is 5.42. The lowest BCUT2D eigenvalue weighted by molar-refractivity contribution is -0.122. The van der Waals surface area contributed by atoms with Gasteiger partial charge in [0.15, 0.2) is 0 Å². The third-order valence-electron chi connectivity index (χ3n) is 3.72. The minimum atomic E-state index is -0.524. The maximum Gasteiger partial charge on any atom is 0.241 e. The van der Waals surface area contributed by atoms with E-state index in [4.69, 9.17) is 0 Å². The molecule has 6 nitrogen and oxygen atoms in total. The molecule has 1 heterocycles.